The van der Waals surface area contributed by atoms with E-state index in [1.165, 1.54) is 12.1 Å². The Bertz CT molecular complexity index is 579. The van der Waals surface area contributed by atoms with Crippen LogP contribution >= 0.6 is 0 Å². The third-order valence-corrected chi connectivity index (χ3v) is 2.46. The topological polar surface area (TPSA) is 72.9 Å². The van der Waals surface area contributed by atoms with E-state index in [0.717, 1.165) is 11.8 Å². The van der Waals surface area contributed by atoms with Crippen molar-refractivity contribution in [1.29, 1.82) is 0 Å². The minimum Gasteiger partial charge on any atom is -0.398 e. The van der Waals surface area contributed by atoms with Gasteiger partial charge in [-0.3, -0.25) is 9.48 Å². The molecule has 0 radical (unpaired) electrons. The number of amides is 1. The maximum atomic E-state index is 13.0. The molecule has 1 amide bonds. The van der Waals surface area contributed by atoms with Gasteiger partial charge in [0.2, 0.25) is 0 Å². The maximum absolute atomic E-state index is 13.0. The van der Waals surface area contributed by atoms with Crippen LogP contribution in [0.15, 0.2) is 30.5 Å². The molecule has 2 aromatic rings. The first-order valence-corrected chi connectivity index (χ1v) is 5.38. The fraction of sp³-hybridized carbons (Fsp3) is 0.167. The van der Waals surface area contributed by atoms with Gasteiger partial charge in [-0.25, -0.2) is 4.39 Å². The molecule has 0 bridgehead atoms. The van der Waals surface area contributed by atoms with E-state index in [9.17, 15) is 9.18 Å². The molecule has 0 unspecified atom stereocenters. The molecule has 1 heterocycles. The number of carbonyl (C=O) groups is 1. The van der Waals surface area contributed by atoms with Crippen LogP contribution in [0.5, 0.6) is 0 Å². The number of carbonyl (C=O) groups excluding carboxylic acids is 1. The second-order valence-corrected chi connectivity index (χ2v) is 3.89. The van der Waals surface area contributed by atoms with Crippen LogP contribution in [-0.2, 0) is 13.6 Å². The lowest BCUT2D eigenvalue weighted by Gasteiger charge is -2.06. The van der Waals surface area contributed by atoms with Crippen molar-refractivity contribution >= 4 is 11.6 Å². The summed E-state index contributed by atoms with van der Waals surface area (Å²) in [6.07, 6.45) is 1.78. The van der Waals surface area contributed by atoms with Crippen LogP contribution in [0.2, 0.25) is 0 Å². The Morgan fingerprint density at radius 3 is 2.94 bits per heavy atom. The number of aromatic nitrogens is 2. The summed E-state index contributed by atoms with van der Waals surface area (Å²) in [5, 5.41) is 6.75. The van der Waals surface area contributed by atoms with Crippen LogP contribution in [-0.4, -0.2) is 15.7 Å². The summed E-state index contributed by atoms with van der Waals surface area (Å²) in [7, 11) is 1.79. The standard InChI is InChI=1S/C12H13FN4O/c1-17-5-4-9(16-17)7-15-12(18)10-6-8(13)2-3-11(10)14/h2-6H,7,14H2,1H3,(H,15,18). The Balaban J connectivity index is 2.05. The second-order valence-electron chi connectivity index (χ2n) is 3.89. The van der Waals surface area contributed by atoms with Crippen LogP contribution in [0.4, 0.5) is 10.1 Å². The Kier molecular flexibility index (Phi) is 3.27. The van der Waals surface area contributed by atoms with E-state index in [1.807, 2.05) is 0 Å². The van der Waals surface area contributed by atoms with Gasteiger partial charge >= 0.3 is 0 Å². The van der Waals surface area contributed by atoms with Crippen molar-refractivity contribution in [3.63, 3.8) is 0 Å². The summed E-state index contributed by atoms with van der Waals surface area (Å²) in [6, 6.07) is 5.48. The van der Waals surface area contributed by atoms with Crippen LogP contribution in [0, 0.1) is 5.82 Å². The number of hydrogen-bond donors (Lipinski definition) is 2. The molecule has 0 aliphatic carbocycles. The van der Waals surface area contributed by atoms with Gasteiger partial charge in [0.25, 0.3) is 5.91 Å². The van der Waals surface area contributed by atoms with Gasteiger partial charge < -0.3 is 11.1 Å². The van der Waals surface area contributed by atoms with Crippen LogP contribution < -0.4 is 11.1 Å². The number of hydrogen-bond acceptors (Lipinski definition) is 3. The Labute approximate surface area is 103 Å². The molecule has 94 valence electrons. The largest absolute Gasteiger partial charge is 0.398 e. The average Bonchev–Trinajstić information content (AvgIpc) is 2.75. The molecule has 0 atom stereocenters. The zero-order valence-electron chi connectivity index (χ0n) is 9.85. The predicted molar refractivity (Wildman–Crippen MR) is 65.2 cm³/mol. The van der Waals surface area contributed by atoms with E-state index in [-0.39, 0.29) is 17.8 Å². The lowest BCUT2D eigenvalue weighted by atomic mass is 10.1. The molecule has 1 aromatic heterocycles. The smallest absolute Gasteiger partial charge is 0.253 e. The molecule has 3 N–H and O–H groups in total. The Morgan fingerprint density at radius 2 is 2.28 bits per heavy atom. The average molecular weight is 248 g/mol. The fourth-order valence-electron chi connectivity index (χ4n) is 1.55. The van der Waals surface area contributed by atoms with Gasteiger partial charge in [0.1, 0.15) is 5.82 Å². The first-order chi connectivity index (χ1) is 8.56. The lowest BCUT2D eigenvalue weighted by Crippen LogP contribution is -2.24. The second kappa shape index (κ2) is 4.87. The molecule has 0 fully saturated rings. The maximum Gasteiger partial charge on any atom is 0.253 e. The molecule has 18 heavy (non-hydrogen) atoms. The lowest BCUT2D eigenvalue weighted by molar-refractivity contribution is 0.0951. The highest BCUT2D eigenvalue weighted by Crippen LogP contribution is 2.13. The van der Waals surface area contributed by atoms with Crippen LogP contribution in [0.3, 0.4) is 0 Å². The molecule has 0 aliphatic rings. The van der Waals surface area contributed by atoms with Crippen LogP contribution in [0.25, 0.3) is 0 Å². The number of anilines is 1. The minimum absolute atomic E-state index is 0.130. The molecule has 0 saturated carbocycles. The molecular formula is C12H13FN4O. The van der Waals surface area contributed by atoms with Crippen molar-refractivity contribution in [2.24, 2.45) is 7.05 Å². The molecule has 0 aliphatic heterocycles. The molecule has 1 aromatic carbocycles. The van der Waals surface area contributed by atoms with Gasteiger partial charge in [-0.05, 0) is 24.3 Å². The van der Waals surface area contributed by atoms with E-state index >= 15 is 0 Å². The van der Waals surface area contributed by atoms with Crippen molar-refractivity contribution in [2.45, 2.75) is 6.54 Å². The van der Waals surface area contributed by atoms with Gasteiger partial charge in [0.05, 0.1) is 17.8 Å². The number of nitrogens with two attached hydrogens (primary N) is 1. The van der Waals surface area contributed by atoms with Crippen molar-refractivity contribution in [1.82, 2.24) is 15.1 Å². The first-order valence-electron chi connectivity index (χ1n) is 5.38. The molecule has 2 rings (SSSR count). The van der Waals surface area contributed by atoms with Gasteiger partial charge in [0, 0.05) is 18.9 Å². The molecule has 0 spiro atoms. The first kappa shape index (κ1) is 12.1. The zero-order valence-corrected chi connectivity index (χ0v) is 9.85. The van der Waals surface area contributed by atoms with Crippen molar-refractivity contribution < 1.29 is 9.18 Å². The number of nitrogens with one attached hydrogen (secondary N) is 1. The third-order valence-electron chi connectivity index (χ3n) is 2.46. The summed E-state index contributed by atoms with van der Waals surface area (Å²) in [6.45, 7) is 0.273. The van der Waals surface area contributed by atoms with Gasteiger partial charge in [-0.1, -0.05) is 0 Å². The van der Waals surface area contributed by atoms with E-state index in [2.05, 4.69) is 10.4 Å². The summed E-state index contributed by atoms with van der Waals surface area (Å²) in [5.74, 6) is -0.912. The van der Waals surface area contributed by atoms with Crippen LogP contribution in [0.1, 0.15) is 16.1 Å². The minimum atomic E-state index is -0.493. The number of benzene rings is 1. The highest BCUT2D eigenvalue weighted by Gasteiger charge is 2.10. The molecule has 0 saturated heterocycles. The monoisotopic (exact) mass is 248 g/mol. The normalized spacial score (nSPS) is 10.3. The molecule has 5 nitrogen and oxygen atoms in total. The molecular weight excluding hydrogens is 235 g/mol. The number of aryl methyl sites for hydroxylation is 1. The number of nitrogen functional groups attached to an aromatic ring is 1. The number of halogens is 1. The fourth-order valence-corrected chi connectivity index (χ4v) is 1.55. The zero-order chi connectivity index (χ0) is 13.1. The summed E-state index contributed by atoms with van der Waals surface area (Å²) < 4.78 is 14.7. The van der Waals surface area contributed by atoms with E-state index in [0.29, 0.717) is 0 Å². The van der Waals surface area contributed by atoms with E-state index < -0.39 is 11.7 Å². The van der Waals surface area contributed by atoms with E-state index in [4.69, 9.17) is 5.73 Å². The Hall–Kier alpha value is -2.37. The number of nitrogens with zero attached hydrogens (tertiary/aromatic N) is 2. The number of rotatable bonds is 3. The van der Waals surface area contributed by atoms with Gasteiger partial charge in [-0.2, -0.15) is 5.10 Å². The van der Waals surface area contributed by atoms with Gasteiger partial charge in [-0.15, -0.1) is 0 Å². The van der Waals surface area contributed by atoms with Crippen molar-refractivity contribution in [3.8, 4) is 0 Å². The Morgan fingerprint density at radius 1 is 1.50 bits per heavy atom. The molecule has 6 heteroatoms. The summed E-state index contributed by atoms with van der Waals surface area (Å²) >= 11 is 0. The van der Waals surface area contributed by atoms with Crippen molar-refractivity contribution in [3.05, 3.63) is 47.5 Å². The third kappa shape index (κ3) is 2.65. The highest BCUT2D eigenvalue weighted by atomic mass is 19.1. The quantitative estimate of drug-likeness (QED) is 0.798. The highest BCUT2D eigenvalue weighted by molar-refractivity contribution is 5.99. The van der Waals surface area contributed by atoms with Gasteiger partial charge in [0.15, 0.2) is 0 Å². The summed E-state index contributed by atoms with van der Waals surface area (Å²) in [5.41, 5.74) is 6.71. The van der Waals surface area contributed by atoms with Crippen molar-refractivity contribution in [2.75, 3.05) is 5.73 Å². The van der Waals surface area contributed by atoms with E-state index in [1.54, 1.807) is 24.0 Å². The SMILES string of the molecule is Cn1ccc(CNC(=O)c2cc(F)ccc2N)n1. The predicted octanol–water partition coefficient (Wildman–Crippen LogP) is 1.07. The summed E-state index contributed by atoms with van der Waals surface area (Å²) in [4.78, 5) is 11.8.